The molecule has 0 radical (unpaired) electrons. The molecule has 0 aromatic carbocycles. The molecule has 1 saturated heterocycles. The average Bonchev–Trinajstić information content (AvgIpc) is 2.84. The van der Waals surface area contributed by atoms with Gasteiger partial charge in [0, 0.05) is 6.42 Å². The van der Waals surface area contributed by atoms with Gasteiger partial charge in [0.15, 0.2) is 5.78 Å². The number of hydroxylamine groups is 3. The van der Waals surface area contributed by atoms with Crippen LogP contribution in [-0.2, 0) is 9.53 Å². The smallest absolute Gasteiger partial charge is 0.158 e. The molecule has 0 atom stereocenters. The van der Waals surface area contributed by atoms with Crippen LogP contribution in [0.3, 0.4) is 0 Å². The van der Waals surface area contributed by atoms with Gasteiger partial charge in [-0.1, -0.05) is 12.5 Å². The second kappa shape index (κ2) is 7.91. The largest absolute Gasteiger partial charge is 0.633 e. The molecular weight excluding hydrogens is 254 g/mol. The van der Waals surface area contributed by atoms with Crippen molar-refractivity contribution in [3.8, 4) is 0 Å². The summed E-state index contributed by atoms with van der Waals surface area (Å²) in [5.41, 5.74) is 1.06. The number of Topliss-reactive ketones (excluding diaryl/α,β-unsaturated/α-hetero) is 1. The second-order valence-electron chi connectivity index (χ2n) is 6.05. The lowest BCUT2D eigenvalue weighted by Crippen LogP contribution is -2.50. The Hall–Kier alpha value is -0.710. The zero-order chi connectivity index (χ0) is 14.3. The Morgan fingerprint density at radius 3 is 2.55 bits per heavy atom. The number of hydrogen-bond donors (Lipinski definition) is 0. The first-order chi connectivity index (χ1) is 9.70. The Bertz CT molecular complexity index is 346. The van der Waals surface area contributed by atoms with Gasteiger partial charge in [-0.2, -0.15) is 0 Å². The van der Waals surface area contributed by atoms with Crippen molar-refractivity contribution >= 4 is 5.78 Å². The number of rotatable bonds is 7. The highest BCUT2D eigenvalue weighted by molar-refractivity contribution is 5.97. The van der Waals surface area contributed by atoms with Crippen LogP contribution in [0.15, 0.2) is 11.6 Å². The van der Waals surface area contributed by atoms with Gasteiger partial charge in [-0.25, -0.2) is 0 Å². The summed E-state index contributed by atoms with van der Waals surface area (Å²) < 4.78 is 5.18. The summed E-state index contributed by atoms with van der Waals surface area (Å²) in [5, 5.41) is 12.2. The highest BCUT2D eigenvalue weighted by atomic mass is 16.6. The predicted octanol–water partition coefficient (Wildman–Crippen LogP) is 2.96. The quantitative estimate of drug-likeness (QED) is 0.312. The van der Waals surface area contributed by atoms with Crippen LogP contribution in [-0.4, -0.2) is 43.3 Å². The van der Waals surface area contributed by atoms with E-state index in [1.807, 2.05) is 0 Å². The zero-order valence-electron chi connectivity index (χ0n) is 12.4. The first-order valence-electron chi connectivity index (χ1n) is 8.07. The number of hydrogen-bond acceptors (Lipinski definition) is 3. The minimum absolute atomic E-state index is 0.0570. The SMILES string of the molecule is O=C1CCCC1=CCCCCCC[N+]1([O-])CCOCC1. The normalized spacial score (nSPS) is 24.4. The van der Waals surface area contributed by atoms with Gasteiger partial charge >= 0.3 is 0 Å². The van der Waals surface area contributed by atoms with E-state index in [4.69, 9.17) is 4.74 Å². The molecule has 1 aliphatic carbocycles. The van der Waals surface area contributed by atoms with Crippen molar-refractivity contribution in [3.63, 3.8) is 0 Å². The third-order valence-electron chi connectivity index (χ3n) is 4.40. The molecule has 1 heterocycles. The summed E-state index contributed by atoms with van der Waals surface area (Å²) in [5.74, 6) is 0.357. The minimum atomic E-state index is -0.0570. The lowest BCUT2D eigenvalue weighted by Gasteiger charge is -2.45. The monoisotopic (exact) mass is 281 g/mol. The Morgan fingerprint density at radius 2 is 1.85 bits per heavy atom. The molecule has 1 saturated carbocycles. The number of nitrogens with zero attached hydrogens (tertiary/aromatic N) is 1. The maximum absolute atomic E-state index is 12.2. The molecule has 0 amide bonds. The van der Waals surface area contributed by atoms with Gasteiger partial charge in [-0.15, -0.1) is 0 Å². The fraction of sp³-hybridized carbons (Fsp3) is 0.812. The van der Waals surface area contributed by atoms with Gasteiger partial charge in [0.1, 0.15) is 13.1 Å². The van der Waals surface area contributed by atoms with Gasteiger partial charge in [0.05, 0.1) is 19.8 Å². The van der Waals surface area contributed by atoms with Gasteiger partial charge < -0.3 is 14.6 Å². The van der Waals surface area contributed by atoms with Crippen LogP contribution in [0.25, 0.3) is 0 Å². The first-order valence-corrected chi connectivity index (χ1v) is 8.07. The molecule has 0 bridgehead atoms. The standard InChI is InChI=1S/C16H27NO3/c18-16-9-6-8-15(16)7-4-2-1-3-5-10-17(19)11-13-20-14-12-17/h7H,1-6,8-14H2. The van der Waals surface area contributed by atoms with E-state index in [1.165, 1.54) is 0 Å². The van der Waals surface area contributed by atoms with E-state index in [0.717, 1.165) is 63.5 Å². The molecule has 0 spiro atoms. The summed E-state index contributed by atoms with van der Waals surface area (Å²) in [6, 6.07) is 0. The van der Waals surface area contributed by atoms with E-state index in [2.05, 4.69) is 6.08 Å². The predicted molar refractivity (Wildman–Crippen MR) is 79.1 cm³/mol. The maximum Gasteiger partial charge on any atom is 0.158 e. The van der Waals surface area contributed by atoms with Crippen LogP contribution in [0.5, 0.6) is 0 Å². The molecule has 0 N–H and O–H groups in total. The zero-order valence-corrected chi connectivity index (χ0v) is 12.4. The van der Waals surface area contributed by atoms with E-state index >= 15 is 0 Å². The van der Waals surface area contributed by atoms with Gasteiger partial charge in [-0.05, 0) is 44.1 Å². The van der Waals surface area contributed by atoms with Crippen molar-refractivity contribution in [2.24, 2.45) is 0 Å². The molecule has 4 heteroatoms. The number of morpholine rings is 1. The number of quaternary nitrogens is 1. The van der Waals surface area contributed by atoms with E-state index < -0.39 is 0 Å². The Kier molecular flexibility index (Phi) is 6.20. The van der Waals surface area contributed by atoms with Crippen LogP contribution < -0.4 is 0 Å². The topological polar surface area (TPSA) is 49.4 Å². The van der Waals surface area contributed by atoms with Crippen molar-refractivity contribution in [3.05, 3.63) is 16.9 Å². The Labute approximate surface area is 122 Å². The van der Waals surface area contributed by atoms with Crippen LogP contribution in [0.4, 0.5) is 0 Å². The molecule has 2 aliphatic rings. The molecule has 2 fully saturated rings. The molecule has 114 valence electrons. The van der Waals surface area contributed by atoms with Crippen molar-refractivity contribution < 1.29 is 14.2 Å². The molecular formula is C16H27NO3. The first kappa shape index (κ1) is 15.7. The summed E-state index contributed by atoms with van der Waals surface area (Å²) >= 11 is 0. The average molecular weight is 281 g/mol. The van der Waals surface area contributed by atoms with Crippen molar-refractivity contribution in [1.82, 2.24) is 0 Å². The highest BCUT2D eigenvalue weighted by Gasteiger charge is 2.20. The van der Waals surface area contributed by atoms with Crippen LogP contribution >= 0.6 is 0 Å². The van der Waals surface area contributed by atoms with E-state index in [0.29, 0.717) is 32.1 Å². The lowest BCUT2D eigenvalue weighted by atomic mass is 10.1. The fourth-order valence-corrected chi connectivity index (χ4v) is 3.03. The third-order valence-corrected chi connectivity index (χ3v) is 4.40. The fourth-order valence-electron chi connectivity index (χ4n) is 3.03. The Balaban J connectivity index is 1.50. The van der Waals surface area contributed by atoms with E-state index in [-0.39, 0.29) is 4.65 Å². The summed E-state index contributed by atoms with van der Waals surface area (Å²) in [4.78, 5) is 11.4. The second-order valence-corrected chi connectivity index (χ2v) is 6.05. The minimum Gasteiger partial charge on any atom is -0.633 e. The Morgan fingerprint density at radius 1 is 1.10 bits per heavy atom. The maximum atomic E-state index is 12.2. The number of allylic oxidation sites excluding steroid dienone is 2. The summed E-state index contributed by atoms with van der Waals surface area (Å²) in [6.45, 7) is 3.21. The number of carbonyl (C=O) groups is 1. The van der Waals surface area contributed by atoms with Crippen LogP contribution in [0.1, 0.15) is 51.4 Å². The molecule has 0 aromatic rings. The number of ether oxygens (including phenoxy) is 1. The summed E-state index contributed by atoms with van der Waals surface area (Å²) in [7, 11) is 0. The third kappa shape index (κ3) is 5.00. The van der Waals surface area contributed by atoms with E-state index in [1.54, 1.807) is 0 Å². The van der Waals surface area contributed by atoms with Crippen LogP contribution in [0, 0.1) is 5.21 Å². The summed E-state index contributed by atoms with van der Waals surface area (Å²) in [6.07, 6.45) is 10.4. The highest BCUT2D eigenvalue weighted by Crippen LogP contribution is 2.21. The van der Waals surface area contributed by atoms with E-state index in [9.17, 15) is 10.0 Å². The van der Waals surface area contributed by atoms with Gasteiger partial charge in [-0.3, -0.25) is 4.79 Å². The van der Waals surface area contributed by atoms with Crippen molar-refractivity contribution in [1.29, 1.82) is 0 Å². The molecule has 0 unspecified atom stereocenters. The number of ketones is 1. The van der Waals surface area contributed by atoms with Crippen molar-refractivity contribution in [2.45, 2.75) is 51.4 Å². The number of carbonyl (C=O) groups excluding carboxylic acids is 1. The van der Waals surface area contributed by atoms with Gasteiger partial charge in [0.2, 0.25) is 0 Å². The van der Waals surface area contributed by atoms with Crippen molar-refractivity contribution in [2.75, 3.05) is 32.8 Å². The van der Waals surface area contributed by atoms with Crippen LogP contribution in [0.2, 0.25) is 0 Å². The van der Waals surface area contributed by atoms with Gasteiger partial charge in [0.25, 0.3) is 0 Å². The molecule has 0 aromatic heterocycles. The lowest BCUT2D eigenvalue weighted by molar-refractivity contribution is -0.888. The molecule has 20 heavy (non-hydrogen) atoms. The molecule has 2 rings (SSSR count). The molecule has 4 nitrogen and oxygen atoms in total. The number of unbranched alkanes of at least 4 members (excludes halogenated alkanes) is 4. The molecule has 1 aliphatic heterocycles.